The van der Waals surface area contributed by atoms with E-state index in [9.17, 15) is 0 Å². The first-order valence-corrected chi connectivity index (χ1v) is 6.84. The summed E-state index contributed by atoms with van der Waals surface area (Å²) in [5.41, 5.74) is 1.22. The summed E-state index contributed by atoms with van der Waals surface area (Å²) in [4.78, 5) is 9.71. The van der Waals surface area contributed by atoms with Gasteiger partial charge in [0.15, 0.2) is 5.13 Å². The molecule has 0 spiro atoms. The van der Waals surface area contributed by atoms with Gasteiger partial charge >= 0.3 is 0 Å². The molecule has 0 unspecified atom stereocenters. The molecule has 0 radical (unpaired) electrons. The number of rotatable bonds is 3. The summed E-state index contributed by atoms with van der Waals surface area (Å²) < 4.78 is 0. The summed E-state index contributed by atoms with van der Waals surface area (Å²) in [5.74, 6) is 0.818. The van der Waals surface area contributed by atoms with Crippen molar-refractivity contribution in [3.8, 4) is 10.4 Å². The first-order valence-electron chi connectivity index (χ1n) is 5.08. The van der Waals surface area contributed by atoms with Crippen molar-refractivity contribution in [1.29, 1.82) is 0 Å². The second-order valence-electron chi connectivity index (χ2n) is 3.38. The van der Waals surface area contributed by atoms with Crippen molar-refractivity contribution in [3.05, 3.63) is 47.4 Å². The standard InChI is InChI=1S/C12H9N3S2/c1-2-5-13-11(3-1)15-12-14-7-10(17-12)9-4-6-16-8-9/h1-8H,(H,13,14,15). The van der Waals surface area contributed by atoms with Crippen molar-refractivity contribution < 1.29 is 0 Å². The highest BCUT2D eigenvalue weighted by Crippen LogP contribution is 2.31. The maximum absolute atomic E-state index is 4.34. The molecule has 3 nitrogen and oxygen atoms in total. The van der Waals surface area contributed by atoms with Gasteiger partial charge in [-0.2, -0.15) is 11.3 Å². The Labute approximate surface area is 107 Å². The van der Waals surface area contributed by atoms with E-state index in [2.05, 4.69) is 32.1 Å². The zero-order valence-corrected chi connectivity index (χ0v) is 10.5. The molecule has 1 N–H and O–H groups in total. The van der Waals surface area contributed by atoms with Gasteiger partial charge in [0.05, 0.1) is 4.88 Å². The van der Waals surface area contributed by atoms with Crippen LogP contribution < -0.4 is 5.32 Å². The lowest BCUT2D eigenvalue weighted by molar-refractivity contribution is 1.29. The SMILES string of the molecule is c1ccc(Nc2ncc(-c3ccsc3)s2)nc1. The highest BCUT2D eigenvalue weighted by molar-refractivity contribution is 7.19. The minimum absolute atomic E-state index is 0.818. The smallest absolute Gasteiger partial charge is 0.188 e. The van der Waals surface area contributed by atoms with E-state index in [-0.39, 0.29) is 0 Å². The summed E-state index contributed by atoms with van der Waals surface area (Å²) in [5, 5.41) is 8.25. The van der Waals surface area contributed by atoms with Gasteiger partial charge in [-0.1, -0.05) is 17.4 Å². The fourth-order valence-electron chi connectivity index (χ4n) is 1.42. The fourth-order valence-corrected chi connectivity index (χ4v) is 2.97. The maximum atomic E-state index is 4.34. The highest BCUT2D eigenvalue weighted by Gasteiger charge is 2.04. The number of pyridine rings is 1. The predicted molar refractivity (Wildman–Crippen MR) is 72.9 cm³/mol. The molecule has 17 heavy (non-hydrogen) atoms. The van der Waals surface area contributed by atoms with Crippen LogP contribution in [0.1, 0.15) is 0 Å². The molecule has 0 aliphatic carbocycles. The van der Waals surface area contributed by atoms with Gasteiger partial charge in [0.25, 0.3) is 0 Å². The number of aromatic nitrogens is 2. The molecule has 0 saturated heterocycles. The Balaban J connectivity index is 1.82. The molecule has 0 bridgehead atoms. The van der Waals surface area contributed by atoms with Crippen LogP contribution in [-0.4, -0.2) is 9.97 Å². The van der Waals surface area contributed by atoms with E-state index in [1.54, 1.807) is 28.9 Å². The lowest BCUT2D eigenvalue weighted by atomic mass is 10.3. The second-order valence-corrected chi connectivity index (χ2v) is 5.19. The van der Waals surface area contributed by atoms with Gasteiger partial charge in [-0.15, -0.1) is 0 Å². The Morgan fingerprint density at radius 2 is 2.12 bits per heavy atom. The van der Waals surface area contributed by atoms with Gasteiger partial charge in [-0.25, -0.2) is 9.97 Å². The zero-order valence-electron chi connectivity index (χ0n) is 8.83. The molecule has 0 aliphatic rings. The van der Waals surface area contributed by atoms with Gasteiger partial charge in [0.1, 0.15) is 5.82 Å². The molecule has 0 atom stereocenters. The lowest BCUT2D eigenvalue weighted by Crippen LogP contribution is -1.90. The van der Waals surface area contributed by atoms with E-state index >= 15 is 0 Å². The van der Waals surface area contributed by atoms with E-state index in [1.165, 1.54) is 10.4 Å². The molecule has 0 aromatic carbocycles. The summed E-state index contributed by atoms with van der Waals surface area (Å²) in [7, 11) is 0. The van der Waals surface area contributed by atoms with Crippen LogP contribution in [0.5, 0.6) is 0 Å². The van der Waals surface area contributed by atoms with Crippen molar-refractivity contribution in [2.24, 2.45) is 0 Å². The van der Waals surface area contributed by atoms with Gasteiger partial charge in [0, 0.05) is 18.0 Å². The number of hydrogen-bond acceptors (Lipinski definition) is 5. The minimum atomic E-state index is 0.818. The quantitative estimate of drug-likeness (QED) is 0.772. The highest BCUT2D eigenvalue weighted by atomic mass is 32.1. The first-order chi connectivity index (χ1) is 8.42. The summed E-state index contributed by atoms with van der Waals surface area (Å²) >= 11 is 3.32. The lowest BCUT2D eigenvalue weighted by Gasteiger charge is -1.98. The van der Waals surface area contributed by atoms with Crippen molar-refractivity contribution in [3.63, 3.8) is 0 Å². The zero-order chi connectivity index (χ0) is 11.5. The molecule has 3 aromatic heterocycles. The fraction of sp³-hybridized carbons (Fsp3) is 0. The number of nitrogens with one attached hydrogen (secondary N) is 1. The van der Waals surface area contributed by atoms with Crippen LogP contribution in [0.4, 0.5) is 10.9 Å². The minimum Gasteiger partial charge on any atom is -0.316 e. The van der Waals surface area contributed by atoms with Crippen molar-refractivity contribution in [2.45, 2.75) is 0 Å². The molecule has 0 fully saturated rings. The molecule has 3 rings (SSSR count). The van der Waals surface area contributed by atoms with E-state index in [4.69, 9.17) is 0 Å². The van der Waals surface area contributed by atoms with E-state index in [1.807, 2.05) is 24.4 Å². The predicted octanol–water partition coefficient (Wildman–Crippen LogP) is 4.01. The van der Waals surface area contributed by atoms with Gasteiger partial charge in [0.2, 0.25) is 0 Å². The van der Waals surface area contributed by atoms with Crippen LogP contribution in [-0.2, 0) is 0 Å². The molecule has 5 heteroatoms. The third kappa shape index (κ3) is 2.35. The van der Waals surface area contributed by atoms with Crippen LogP contribution in [0, 0.1) is 0 Å². The molecule has 0 saturated carbocycles. The van der Waals surface area contributed by atoms with Crippen LogP contribution in [0.15, 0.2) is 47.4 Å². The van der Waals surface area contributed by atoms with Crippen molar-refractivity contribution in [1.82, 2.24) is 9.97 Å². The second kappa shape index (κ2) is 4.65. The third-order valence-electron chi connectivity index (χ3n) is 2.21. The van der Waals surface area contributed by atoms with Crippen LogP contribution in [0.2, 0.25) is 0 Å². The monoisotopic (exact) mass is 259 g/mol. The Morgan fingerprint density at radius 3 is 2.88 bits per heavy atom. The molecule has 3 heterocycles. The van der Waals surface area contributed by atoms with Crippen LogP contribution >= 0.6 is 22.7 Å². The largest absolute Gasteiger partial charge is 0.316 e. The molecular formula is C12H9N3S2. The summed E-state index contributed by atoms with van der Waals surface area (Å²) in [6, 6.07) is 7.86. The van der Waals surface area contributed by atoms with Gasteiger partial charge in [-0.05, 0) is 29.0 Å². The van der Waals surface area contributed by atoms with E-state index < -0.39 is 0 Å². The number of hydrogen-bond donors (Lipinski definition) is 1. The topological polar surface area (TPSA) is 37.8 Å². The van der Waals surface area contributed by atoms with Crippen molar-refractivity contribution in [2.75, 3.05) is 5.32 Å². The number of thiophene rings is 1. The molecule has 0 amide bonds. The van der Waals surface area contributed by atoms with Gasteiger partial charge in [-0.3, -0.25) is 0 Å². The Kier molecular flexibility index (Phi) is 2.85. The Bertz CT molecular complexity index is 587. The average Bonchev–Trinajstić information content (AvgIpc) is 3.00. The van der Waals surface area contributed by atoms with Crippen molar-refractivity contribution >= 4 is 33.6 Å². The molecular weight excluding hydrogens is 250 g/mol. The normalized spacial score (nSPS) is 10.4. The number of nitrogens with zero attached hydrogens (tertiary/aromatic N) is 2. The Morgan fingerprint density at radius 1 is 1.12 bits per heavy atom. The van der Waals surface area contributed by atoms with Crippen LogP contribution in [0.25, 0.3) is 10.4 Å². The van der Waals surface area contributed by atoms with E-state index in [0.29, 0.717) is 0 Å². The molecule has 3 aromatic rings. The van der Waals surface area contributed by atoms with Crippen LogP contribution in [0.3, 0.4) is 0 Å². The first kappa shape index (κ1) is 10.4. The summed E-state index contributed by atoms with van der Waals surface area (Å²) in [6.07, 6.45) is 3.65. The molecule has 84 valence electrons. The maximum Gasteiger partial charge on any atom is 0.188 e. The average molecular weight is 259 g/mol. The number of anilines is 2. The van der Waals surface area contributed by atoms with E-state index in [0.717, 1.165) is 10.9 Å². The number of thiazole rings is 1. The third-order valence-corrected chi connectivity index (χ3v) is 3.86. The molecule has 0 aliphatic heterocycles. The van der Waals surface area contributed by atoms with Gasteiger partial charge < -0.3 is 5.32 Å². The summed E-state index contributed by atoms with van der Waals surface area (Å²) in [6.45, 7) is 0. The Hall–Kier alpha value is -1.72.